The minimum atomic E-state index is 0. The largest absolute Gasteiger partial charge is 0.412 e. The Labute approximate surface area is 50.1 Å². The minimum absolute atomic E-state index is 0. The van der Waals surface area contributed by atoms with Gasteiger partial charge in [0.05, 0.1) is 0 Å². The molecule has 0 bridgehead atoms. The molecule has 50 valence electrons. The highest BCUT2D eigenvalue weighted by atomic mass is 16.2. The van der Waals surface area contributed by atoms with E-state index in [1.54, 1.807) is 0 Å². The van der Waals surface area contributed by atoms with Gasteiger partial charge in [-0.15, -0.1) is 0 Å². The van der Waals surface area contributed by atoms with Gasteiger partial charge in [-0.1, -0.05) is 19.1 Å². The van der Waals surface area contributed by atoms with Crippen molar-refractivity contribution in [2.24, 2.45) is 0 Å². The summed E-state index contributed by atoms with van der Waals surface area (Å²) in [6.45, 7) is 2.35. The Morgan fingerprint density at radius 2 is 2.00 bits per heavy atom. The number of hydrogen-bond donors (Lipinski definition) is 1. The lowest BCUT2D eigenvalue weighted by molar-refractivity contribution is 0.302. The molecule has 2 heteroatoms. The first kappa shape index (κ1) is 10.6. The van der Waals surface area contributed by atoms with Gasteiger partial charge in [0.2, 0.25) is 0 Å². The van der Waals surface area contributed by atoms with Crippen LogP contribution in [-0.2, 0) is 0 Å². The van der Waals surface area contributed by atoms with E-state index in [-0.39, 0.29) is 12.1 Å². The summed E-state index contributed by atoms with van der Waals surface area (Å²) >= 11 is 0. The molecule has 0 spiro atoms. The van der Waals surface area contributed by atoms with Crippen LogP contribution in [0.3, 0.4) is 0 Å². The molecule has 0 amide bonds. The van der Waals surface area contributed by atoms with E-state index in [1.807, 2.05) is 6.08 Å². The fourth-order valence-electron chi connectivity index (χ4n) is 0.359. The average molecular weight is 118 g/mol. The third-order valence-electron chi connectivity index (χ3n) is 0.698. The van der Waals surface area contributed by atoms with Crippen molar-refractivity contribution in [1.29, 1.82) is 0 Å². The van der Waals surface area contributed by atoms with Crippen LogP contribution in [0.1, 0.15) is 19.8 Å². The van der Waals surface area contributed by atoms with Crippen molar-refractivity contribution in [3.63, 3.8) is 0 Å². The van der Waals surface area contributed by atoms with Crippen LogP contribution in [0.25, 0.3) is 0 Å². The van der Waals surface area contributed by atoms with Crippen molar-refractivity contribution < 1.29 is 10.6 Å². The SMILES string of the molecule is CC/C=C\CCO.O. The molecule has 2 nitrogen and oxygen atoms in total. The van der Waals surface area contributed by atoms with Crippen molar-refractivity contribution in [2.75, 3.05) is 6.61 Å². The quantitative estimate of drug-likeness (QED) is 0.539. The highest BCUT2D eigenvalue weighted by Gasteiger charge is 1.68. The molecule has 0 aromatic carbocycles. The second-order valence-corrected chi connectivity index (χ2v) is 1.39. The monoisotopic (exact) mass is 118 g/mol. The molecule has 0 saturated carbocycles. The molecule has 0 aliphatic rings. The molecule has 0 heterocycles. The standard InChI is InChI=1S/C6H12O.H2O/c1-2-3-4-5-6-7;/h3-4,7H,2,5-6H2,1H3;1H2/b4-3-;. The molecule has 3 N–H and O–H groups in total. The van der Waals surface area contributed by atoms with E-state index >= 15 is 0 Å². The lowest BCUT2D eigenvalue weighted by Crippen LogP contribution is -1.73. The van der Waals surface area contributed by atoms with E-state index in [4.69, 9.17) is 5.11 Å². The van der Waals surface area contributed by atoms with Crippen LogP contribution in [0.2, 0.25) is 0 Å². The van der Waals surface area contributed by atoms with Gasteiger partial charge in [-0.3, -0.25) is 0 Å². The van der Waals surface area contributed by atoms with Crippen LogP contribution in [-0.4, -0.2) is 17.2 Å². The zero-order valence-electron chi connectivity index (χ0n) is 5.22. The summed E-state index contributed by atoms with van der Waals surface area (Å²) in [6.07, 6.45) is 5.91. The summed E-state index contributed by atoms with van der Waals surface area (Å²) in [6, 6.07) is 0. The Morgan fingerprint density at radius 3 is 2.38 bits per heavy atom. The Hall–Kier alpha value is -0.340. The summed E-state index contributed by atoms with van der Waals surface area (Å²) in [5, 5.41) is 8.24. The van der Waals surface area contributed by atoms with Gasteiger partial charge < -0.3 is 10.6 Å². The van der Waals surface area contributed by atoms with Crippen molar-refractivity contribution >= 4 is 0 Å². The Bertz CT molecular complexity index is 50.5. The molecule has 8 heavy (non-hydrogen) atoms. The molecular weight excluding hydrogens is 104 g/mol. The number of aliphatic hydroxyl groups is 1. The zero-order chi connectivity index (χ0) is 5.54. The molecule has 0 rings (SSSR count). The predicted molar refractivity (Wildman–Crippen MR) is 34.7 cm³/mol. The molecule has 0 aromatic heterocycles. The molecule has 0 atom stereocenters. The second-order valence-electron chi connectivity index (χ2n) is 1.39. The highest BCUT2D eigenvalue weighted by molar-refractivity contribution is 4.79. The smallest absolute Gasteiger partial charge is 0.0465 e. The lowest BCUT2D eigenvalue weighted by atomic mass is 10.3. The van der Waals surface area contributed by atoms with Crippen LogP contribution in [0.5, 0.6) is 0 Å². The van der Waals surface area contributed by atoms with Crippen molar-refractivity contribution in [1.82, 2.24) is 0 Å². The highest BCUT2D eigenvalue weighted by Crippen LogP contribution is 1.82. The first-order valence-electron chi connectivity index (χ1n) is 2.67. The molecule has 0 unspecified atom stereocenters. The van der Waals surface area contributed by atoms with E-state index < -0.39 is 0 Å². The predicted octanol–water partition coefficient (Wildman–Crippen LogP) is 0.510. The van der Waals surface area contributed by atoms with Crippen LogP contribution < -0.4 is 0 Å². The minimum Gasteiger partial charge on any atom is -0.412 e. The Morgan fingerprint density at radius 1 is 1.38 bits per heavy atom. The van der Waals surface area contributed by atoms with Gasteiger partial charge in [0, 0.05) is 6.61 Å². The maximum atomic E-state index is 8.24. The van der Waals surface area contributed by atoms with Crippen LogP contribution in [0.4, 0.5) is 0 Å². The number of hydrogen-bond acceptors (Lipinski definition) is 1. The van der Waals surface area contributed by atoms with Crippen LogP contribution in [0.15, 0.2) is 12.2 Å². The van der Waals surface area contributed by atoms with Gasteiger partial charge in [0.25, 0.3) is 0 Å². The first-order chi connectivity index (χ1) is 3.41. The fourth-order valence-corrected chi connectivity index (χ4v) is 0.359. The molecule has 0 saturated heterocycles. The molecule has 0 aliphatic carbocycles. The normalized spacial score (nSPS) is 9.25. The van der Waals surface area contributed by atoms with Crippen molar-refractivity contribution in [3.05, 3.63) is 12.2 Å². The number of rotatable bonds is 3. The van der Waals surface area contributed by atoms with Gasteiger partial charge >= 0.3 is 0 Å². The van der Waals surface area contributed by atoms with Crippen LogP contribution >= 0.6 is 0 Å². The van der Waals surface area contributed by atoms with Crippen molar-refractivity contribution in [2.45, 2.75) is 19.8 Å². The number of aliphatic hydroxyl groups excluding tert-OH is 1. The summed E-state index contributed by atoms with van der Waals surface area (Å²) in [5.74, 6) is 0. The summed E-state index contributed by atoms with van der Waals surface area (Å²) in [5.41, 5.74) is 0. The maximum absolute atomic E-state index is 8.24. The van der Waals surface area contributed by atoms with Gasteiger partial charge in [-0.2, -0.15) is 0 Å². The molecule has 0 aliphatic heterocycles. The van der Waals surface area contributed by atoms with E-state index in [0.29, 0.717) is 0 Å². The second kappa shape index (κ2) is 9.83. The fraction of sp³-hybridized carbons (Fsp3) is 0.667. The molecular formula is C6H14O2. The topological polar surface area (TPSA) is 51.7 Å². The lowest BCUT2D eigenvalue weighted by Gasteiger charge is -1.79. The van der Waals surface area contributed by atoms with E-state index in [0.717, 1.165) is 12.8 Å². The Kier molecular flexibility index (Phi) is 13.0. The van der Waals surface area contributed by atoms with Crippen LogP contribution in [0, 0.1) is 0 Å². The van der Waals surface area contributed by atoms with Crippen molar-refractivity contribution in [3.8, 4) is 0 Å². The maximum Gasteiger partial charge on any atom is 0.0465 e. The van der Waals surface area contributed by atoms with E-state index in [9.17, 15) is 0 Å². The van der Waals surface area contributed by atoms with Gasteiger partial charge in [-0.05, 0) is 12.8 Å². The van der Waals surface area contributed by atoms with E-state index in [1.165, 1.54) is 0 Å². The molecule has 0 aromatic rings. The Balaban J connectivity index is 0. The third kappa shape index (κ3) is 9.18. The summed E-state index contributed by atoms with van der Waals surface area (Å²) < 4.78 is 0. The summed E-state index contributed by atoms with van der Waals surface area (Å²) in [4.78, 5) is 0. The molecule has 0 fully saturated rings. The van der Waals surface area contributed by atoms with Gasteiger partial charge in [-0.25, -0.2) is 0 Å². The van der Waals surface area contributed by atoms with Gasteiger partial charge in [0.1, 0.15) is 0 Å². The van der Waals surface area contributed by atoms with Gasteiger partial charge in [0.15, 0.2) is 0 Å². The van der Waals surface area contributed by atoms with E-state index in [2.05, 4.69) is 13.0 Å². The third-order valence-corrected chi connectivity index (χ3v) is 0.698. The number of allylic oxidation sites excluding steroid dienone is 1. The zero-order valence-corrected chi connectivity index (χ0v) is 5.22. The first-order valence-corrected chi connectivity index (χ1v) is 2.67. The average Bonchev–Trinajstić information content (AvgIpc) is 1.69. The summed E-state index contributed by atoms with van der Waals surface area (Å²) in [7, 11) is 0. The molecule has 0 radical (unpaired) electrons.